The summed E-state index contributed by atoms with van der Waals surface area (Å²) in [4.78, 5) is 0. The second-order valence-electron chi connectivity index (χ2n) is 5.06. The predicted molar refractivity (Wildman–Crippen MR) is 84.4 cm³/mol. The van der Waals surface area contributed by atoms with E-state index in [0.29, 0.717) is 19.3 Å². The topological polar surface area (TPSA) is 30.5 Å². The van der Waals surface area contributed by atoms with Crippen LogP contribution in [-0.2, 0) is 9.47 Å². The molecule has 0 aliphatic carbocycles. The average molecular weight is 300 g/mol. The fourth-order valence-corrected chi connectivity index (χ4v) is 2.09. The molecule has 1 rings (SSSR count). The van der Waals surface area contributed by atoms with Gasteiger partial charge in [0, 0.05) is 29.8 Å². The van der Waals surface area contributed by atoms with E-state index in [2.05, 4.69) is 26.1 Å². The highest BCUT2D eigenvalue weighted by Crippen LogP contribution is 2.25. The first-order valence-electron chi connectivity index (χ1n) is 7.32. The highest BCUT2D eigenvalue weighted by Gasteiger charge is 2.15. The molecule has 1 N–H and O–H groups in total. The van der Waals surface area contributed by atoms with Crippen molar-refractivity contribution in [2.45, 2.75) is 39.3 Å². The molecule has 1 unspecified atom stereocenters. The van der Waals surface area contributed by atoms with Gasteiger partial charge in [-0.1, -0.05) is 50.6 Å². The summed E-state index contributed by atoms with van der Waals surface area (Å²) >= 11 is 6.26. The van der Waals surface area contributed by atoms with Crippen molar-refractivity contribution in [1.82, 2.24) is 5.32 Å². The van der Waals surface area contributed by atoms with Crippen LogP contribution >= 0.6 is 11.6 Å². The fourth-order valence-electron chi connectivity index (χ4n) is 1.83. The van der Waals surface area contributed by atoms with E-state index in [9.17, 15) is 0 Å². The van der Waals surface area contributed by atoms with Crippen LogP contribution in [-0.4, -0.2) is 32.4 Å². The first-order chi connectivity index (χ1) is 9.65. The quantitative estimate of drug-likeness (QED) is 0.666. The molecule has 0 aromatic heterocycles. The molecular weight excluding hydrogens is 274 g/mol. The van der Waals surface area contributed by atoms with Gasteiger partial charge >= 0.3 is 0 Å². The second kappa shape index (κ2) is 10.2. The minimum absolute atomic E-state index is 0.0451. The lowest BCUT2D eigenvalue weighted by atomic mass is 10.1. The zero-order valence-corrected chi connectivity index (χ0v) is 13.5. The summed E-state index contributed by atoms with van der Waals surface area (Å²) < 4.78 is 11.4. The molecule has 1 atom stereocenters. The summed E-state index contributed by atoms with van der Waals surface area (Å²) in [5.74, 6) is 0. The lowest BCUT2D eigenvalue weighted by Crippen LogP contribution is -2.29. The smallest absolute Gasteiger partial charge is 0.0964 e. The SMILES string of the molecule is CCCOCCOC(CNC(C)C)c1ccccc1Cl. The van der Waals surface area contributed by atoms with E-state index < -0.39 is 0 Å². The van der Waals surface area contributed by atoms with Crippen molar-refractivity contribution in [1.29, 1.82) is 0 Å². The molecule has 0 saturated heterocycles. The third kappa shape index (κ3) is 6.71. The van der Waals surface area contributed by atoms with Crippen molar-refractivity contribution in [3.05, 3.63) is 34.9 Å². The van der Waals surface area contributed by atoms with E-state index >= 15 is 0 Å². The summed E-state index contributed by atoms with van der Waals surface area (Å²) in [7, 11) is 0. The summed E-state index contributed by atoms with van der Waals surface area (Å²) in [6, 6.07) is 8.25. The first-order valence-corrected chi connectivity index (χ1v) is 7.70. The van der Waals surface area contributed by atoms with Gasteiger partial charge < -0.3 is 14.8 Å². The van der Waals surface area contributed by atoms with Crippen LogP contribution in [0, 0.1) is 0 Å². The molecular formula is C16H26ClNO2. The molecule has 0 saturated carbocycles. The summed E-state index contributed by atoms with van der Waals surface area (Å²) in [6.45, 7) is 9.06. The van der Waals surface area contributed by atoms with E-state index in [0.717, 1.165) is 30.2 Å². The van der Waals surface area contributed by atoms with Gasteiger partial charge in [-0.3, -0.25) is 0 Å². The minimum Gasteiger partial charge on any atom is -0.379 e. The van der Waals surface area contributed by atoms with Crippen LogP contribution in [0.15, 0.2) is 24.3 Å². The molecule has 0 amide bonds. The normalized spacial score (nSPS) is 12.8. The zero-order chi connectivity index (χ0) is 14.8. The van der Waals surface area contributed by atoms with Crippen molar-refractivity contribution in [3.8, 4) is 0 Å². The van der Waals surface area contributed by atoms with Crippen LogP contribution in [0.5, 0.6) is 0 Å². The zero-order valence-electron chi connectivity index (χ0n) is 12.7. The average Bonchev–Trinajstić information content (AvgIpc) is 2.43. The molecule has 4 heteroatoms. The van der Waals surface area contributed by atoms with E-state index in [4.69, 9.17) is 21.1 Å². The number of rotatable bonds is 10. The maximum absolute atomic E-state index is 6.26. The number of hydrogen-bond donors (Lipinski definition) is 1. The fraction of sp³-hybridized carbons (Fsp3) is 0.625. The van der Waals surface area contributed by atoms with Crippen molar-refractivity contribution in [3.63, 3.8) is 0 Å². The molecule has 0 fully saturated rings. The van der Waals surface area contributed by atoms with E-state index in [1.54, 1.807) is 0 Å². The standard InChI is InChI=1S/C16H26ClNO2/c1-4-9-19-10-11-20-16(12-18-13(2)3)14-7-5-6-8-15(14)17/h5-8,13,16,18H,4,9-12H2,1-3H3. The van der Waals surface area contributed by atoms with Crippen LogP contribution < -0.4 is 5.32 Å². The van der Waals surface area contributed by atoms with E-state index in [-0.39, 0.29) is 6.10 Å². The van der Waals surface area contributed by atoms with Crippen molar-refractivity contribution in [2.24, 2.45) is 0 Å². The Balaban J connectivity index is 2.54. The van der Waals surface area contributed by atoms with Gasteiger partial charge in [-0.2, -0.15) is 0 Å². The number of hydrogen-bond acceptors (Lipinski definition) is 3. The van der Waals surface area contributed by atoms with Crippen LogP contribution in [0.3, 0.4) is 0 Å². The summed E-state index contributed by atoms with van der Waals surface area (Å²) in [5, 5.41) is 4.15. The van der Waals surface area contributed by atoms with Crippen LogP contribution in [0.4, 0.5) is 0 Å². The molecule has 1 aromatic rings. The lowest BCUT2D eigenvalue weighted by Gasteiger charge is -2.21. The van der Waals surface area contributed by atoms with Gasteiger partial charge in [-0.05, 0) is 12.5 Å². The maximum atomic E-state index is 6.26. The number of halogens is 1. The predicted octanol–water partition coefficient (Wildman–Crippen LogP) is 3.82. The molecule has 0 bridgehead atoms. The molecule has 1 aromatic carbocycles. The Hall–Kier alpha value is -0.610. The van der Waals surface area contributed by atoms with Gasteiger partial charge in [-0.15, -0.1) is 0 Å². The Bertz CT molecular complexity index is 371. The van der Waals surface area contributed by atoms with Gasteiger partial charge in [0.25, 0.3) is 0 Å². The summed E-state index contributed by atoms with van der Waals surface area (Å²) in [6.07, 6.45) is 0.986. The third-order valence-corrected chi connectivity index (χ3v) is 3.20. The van der Waals surface area contributed by atoms with Crippen LogP contribution in [0.2, 0.25) is 5.02 Å². The molecule has 0 spiro atoms. The first kappa shape index (κ1) is 17.4. The van der Waals surface area contributed by atoms with Gasteiger partial charge in [-0.25, -0.2) is 0 Å². The molecule has 0 heterocycles. The molecule has 0 radical (unpaired) electrons. The van der Waals surface area contributed by atoms with Gasteiger partial charge in [0.2, 0.25) is 0 Å². The number of nitrogens with one attached hydrogen (secondary N) is 1. The molecule has 114 valence electrons. The third-order valence-electron chi connectivity index (χ3n) is 2.86. The summed E-state index contributed by atoms with van der Waals surface area (Å²) in [5.41, 5.74) is 1.03. The lowest BCUT2D eigenvalue weighted by molar-refractivity contribution is 0.00363. The number of ether oxygens (including phenoxy) is 2. The minimum atomic E-state index is -0.0451. The Morgan fingerprint density at radius 2 is 1.90 bits per heavy atom. The van der Waals surface area contributed by atoms with Gasteiger partial charge in [0.1, 0.15) is 0 Å². The Morgan fingerprint density at radius 3 is 2.55 bits per heavy atom. The largest absolute Gasteiger partial charge is 0.379 e. The molecule has 3 nitrogen and oxygen atoms in total. The van der Waals surface area contributed by atoms with Crippen molar-refractivity contribution in [2.75, 3.05) is 26.4 Å². The van der Waals surface area contributed by atoms with E-state index in [1.807, 2.05) is 24.3 Å². The Kier molecular flexibility index (Phi) is 8.86. The highest BCUT2D eigenvalue weighted by molar-refractivity contribution is 6.31. The van der Waals surface area contributed by atoms with Crippen LogP contribution in [0.1, 0.15) is 38.9 Å². The molecule has 20 heavy (non-hydrogen) atoms. The van der Waals surface area contributed by atoms with Gasteiger partial charge in [0.15, 0.2) is 0 Å². The second-order valence-corrected chi connectivity index (χ2v) is 5.46. The highest BCUT2D eigenvalue weighted by atomic mass is 35.5. The molecule has 0 aliphatic heterocycles. The van der Waals surface area contributed by atoms with Crippen LogP contribution in [0.25, 0.3) is 0 Å². The molecule has 0 aliphatic rings. The Morgan fingerprint density at radius 1 is 1.15 bits per heavy atom. The van der Waals surface area contributed by atoms with Crippen molar-refractivity contribution >= 4 is 11.6 Å². The van der Waals surface area contributed by atoms with Gasteiger partial charge in [0.05, 0.1) is 19.3 Å². The Labute approximate surface area is 127 Å². The van der Waals surface area contributed by atoms with E-state index in [1.165, 1.54) is 0 Å². The van der Waals surface area contributed by atoms with Crippen molar-refractivity contribution < 1.29 is 9.47 Å². The number of benzene rings is 1. The monoisotopic (exact) mass is 299 g/mol. The maximum Gasteiger partial charge on any atom is 0.0964 e.